The molecule has 0 aliphatic heterocycles. The number of hydrogen-bond donors (Lipinski definition) is 1. The van der Waals surface area contributed by atoms with E-state index in [0.29, 0.717) is 17.2 Å². The van der Waals surface area contributed by atoms with E-state index in [9.17, 15) is 4.79 Å². The second-order valence-corrected chi connectivity index (χ2v) is 6.51. The molecular formula is C15H17N5O2S. The zero-order valence-electron chi connectivity index (χ0n) is 13.1. The number of tetrazole rings is 1. The van der Waals surface area contributed by atoms with Gasteiger partial charge in [0.2, 0.25) is 0 Å². The van der Waals surface area contributed by atoms with Crippen LogP contribution in [0.2, 0.25) is 0 Å². The number of amides is 1. The van der Waals surface area contributed by atoms with Crippen LogP contribution in [0.4, 0.5) is 0 Å². The van der Waals surface area contributed by atoms with Crippen molar-refractivity contribution in [1.29, 1.82) is 0 Å². The second-order valence-electron chi connectivity index (χ2n) is 5.43. The van der Waals surface area contributed by atoms with Gasteiger partial charge in [0.15, 0.2) is 5.82 Å². The van der Waals surface area contributed by atoms with E-state index in [0.717, 1.165) is 16.4 Å². The average Bonchev–Trinajstić information content (AvgIpc) is 3.26. The van der Waals surface area contributed by atoms with E-state index in [2.05, 4.69) is 20.6 Å². The molecule has 0 fully saturated rings. The van der Waals surface area contributed by atoms with Gasteiger partial charge in [0, 0.05) is 19.5 Å². The van der Waals surface area contributed by atoms with Crippen LogP contribution in [-0.4, -0.2) is 45.0 Å². The molecule has 0 spiro atoms. The minimum atomic E-state index is -0.0279. The lowest BCUT2D eigenvalue weighted by atomic mass is 10.1. The molecule has 7 nitrogen and oxygen atoms in total. The normalized spacial score (nSPS) is 12.3. The molecule has 0 aromatic carbocycles. The van der Waals surface area contributed by atoms with Gasteiger partial charge in [0.25, 0.3) is 5.91 Å². The number of aryl methyl sites for hydroxylation is 1. The highest BCUT2D eigenvalue weighted by molar-refractivity contribution is 7.17. The Hall–Kier alpha value is -2.48. The number of nitrogens with one attached hydrogen (secondary N) is 1. The predicted molar refractivity (Wildman–Crippen MR) is 86.3 cm³/mol. The number of thiophene rings is 1. The Balaban J connectivity index is 1.69. The van der Waals surface area contributed by atoms with Crippen LogP contribution < -0.4 is 0 Å². The molecule has 1 N–H and O–H groups in total. The molecule has 8 heteroatoms. The van der Waals surface area contributed by atoms with Crippen LogP contribution in [0.5, 0.6) is 0 Å². The minimum Gasteiger partial charge on any atom is -0.461 e. The van der Waals surface area contributed by atoms with Crippen LogP contribution in [0.3, 0.4) is 0 Å². The number of nitrogens with zero attached hydrogens (tertiary/aromatic N) is 4. The molecule has 120 valence electrons. The van der Waals surface area contributed by atoms with Crippen molar-refractivity contribution in [3.05, 3.63) is 40.7 Å². The smallest absolute Gasteiger partial charge is 0.263 e. The SMILES string of the molecule is Cc1ccc(-c2ccc(C(=O)N(C)C[C@H](C)c3nn[nH]n3)s2)o1. The summed E-state index contributed by atoms with van der Waals surface area (Å²) in [5, 5.41) is 13.9. The van der Waals surface area contributed by atoms with Crippen LogP contribution >= 0.6 is 11.3 Å². The Kier molecular flexibility index (Phi) is 4.24. The van der Waals surface area contributed by atoms with Crippen LogP contribution in [0.1, 0.15) is 34.1 Å². The number of carbonyl (C=O) groups excluding carboxylic acids is 1. The molecule has 0 bridgehead atoms. The summed E-state index contributed by atoms with van der Waals surface area (Å²) in [5.41, 5.74) is 0. The van der Waals surface area contributed by atoms with E-state index in [1.807, 2.05) is 38.1 Å². The van der Waals surface area contributed by atoms with Crippen molar-refractivity contribution in [2.45, 2.75) is 19.8 Å². The number of furan rings is 1. The van der Waals surface area contributed by atoms with Gasteiger partial charge in [-0.2, -0.15) is 5.21 Å². The molecule has 3 rings (SSSR count). The quantitative estimate of drug-likeness (QED) is 0.776. The van der Waals surface area contributed by atoms with E-state index in [4.69, 9.17) is 4.42 Å². The highest BCUT2D eigenvalue weighted by atomic mass is 32.1. The van der Waals surface area contributed by atoms with Gasteiger partial charge in [-0.05, 0) is 31.2 Å². The Labute approximate surface area is 137 Å². The summed E-state index contributed by atoms with van der Waals surface area (Å²) >= 11 is 1.43. The molecule has 1 atom stereocenters. The lowest BCUT2D eigenvalue weighted by Crippen LogP contribution is -2.30. The molecule has 0 saturated heterocycles. The number of aromatic amines is 1. The number of carbonyl (C=O) groups is 1. The lowest BCUT2D eigenvalue weighted by molar-refractivity contribution is 0.0792. The number of aromatic nitrogens is 4. The molecule has 3 aromatic rings. The molecule has 0 saturated carbocycles. The summed E-state index contributed by atoms with van der Waals surface area (Å²) in [6, 6.07) is 7.56. The molecular weight excluding hydrogens is 314 g/mol. The predicted octanol–water partition coefficient (Wildman–Crippen LogP) is 2.71. The fourth-order valence-corrected chi connectivity index (χ4v) is 3.26. The van der Waals surface area contributed by atoms with Gasteiger partial charge in [-0.1, -0.05) is 12.1 Å². The first kappa shape index (κ1) is 15.4. The molecule has 3 aromatic heterocycles. The Bertz CT molecular complexity index is 793. The average molecular weight is 331 g/mol. The molecule has 0 radical (unpaired) electrons. The Morgan fingerprint density at radius 3 is 2.87 bits per heavy atom. The van der Waals surface area contributed by atoms with Crippen LogP contribution in [-0.2, 0) is 0 Å². The summed E-state index contributed by atoms with van der Waals surface area (Å²) < 4.78 is 5.60. The fourth-order valence-electron chi connectivity index (χ4n) is 2.29. The maximum absolute atomic E-state index is 12.5. The second kappa shape index (κ2) is 6.33. The summed E-state index contributed by atoms with van der Waals surface area (Å²) in [6.45, 7) is 4.38. The lowest BCUT2D eigenvalue weighted by Gasteiger charge is -2.19. The highest BCUT2D eigenvalue weighted by Crippen LogP contribution is 2.30. The standard InChI is InChI=1S/C15H17N5O2S/c1-9(14-16-18-19-17-14)8-20(3)15(21)13-7-6-12(23-13)11-5-4-10(2)22-11/h4-7,9H,8H2,1-3H3,(H,16,17,18,19)/t9-/m0/s1. The summed E-state index contributed by atoms with van der Waals surface area (Å²) in [5.74, 6) is 2.22. The van der Waals surface area contributed by atoms with E-state index in [1.165, 1.54) is 11.3 Å². The molecule has 23 heavy (non-hydrogen) atoms. The van der Waals surface area contributed by atoms with Gasteiger partial charge in [0.05, 0.1) is 9.75 Å². The Morgan fingerprint density at radius 2 is 2.22 bits per heavy atom. The monoisotopic (exact) mass is 331 g/mol. The third-order valence-corrected chi connectivity index (χ3v) is 4.58. The first-order valence-corrected chi connectivity index (χ1v) is 8.01. The highest BCUT2D eigenvalue weighted by Gasteiger charge is 2.20. The molecule has 0 aliphatic rings. The summed E-state index contributed by atoms with van der Waals surface area (Å²) in [7, 11) is 1.77. The van der Waals surface area contributed by atoms with E-state index >= 15 is 0 Å². The first-order chi connectivity index (χ1) is 11.0. The van der Waals surface area contributed by atoms with Crippen molar-refractivity contribution in [2.24, 2.45) is 0 Å². The number of rotatable bonds is 5. The van der Waals surface area contributed by atoms with Crippen LogP contribution in [0.25, 0.3) is 10.6 Å². The molecule has 1 amide bonds. The molecule has 0 aliphatic carbocycles. The van der Waals surface area contributed by atoms with Crippen molar-refractivity contribution in [1.82, 2.24) is 25.5 Å². The van der Waals surface area contributed by atoms with Gasteiger partial charge >= 0.3 is 0 Å². The first-order valence-electron chi connectivity index (χ1n) is 7.20. The van der Waals surface area contributed by atoms with Gasteiger partial charge in [0.1, 0.15) is 11.5 Å². The maximum atomic E-state index is 12.5. The fraction of sp³-hybridized carbons (Fsp3) is 0.333. The van der Waals surface area contributed by atoms with Gasteiger partial charge in [-0.25, -0.2) is 0 Å². The molecule has 0 unspecified atom stereocenters. The van der Waals surface area contributed by atoms with Gasteiger partial charge < -0.3 is 9.32 Å². The van der Waals surface area contributed by atoms with Gasteiger partial charge in [-0.15, -0.1) is 21.5 Å². The van der Waals surface area contributed by atoms with Crippen molar-refractivity contribution in [3.8, 4) is 10.6 Å². The van der Waals surface area contributed by atoms with Gasteiger partial charge in [-0.3, -0.25) is 4.79 Å². The summed E-state index contributed by atoms with van der Waals surface area (Å²) in [6.07, 6.45) is 0. The minimum absolute atomic E-state index is 0.00913. The number of hydrogen-bond acceptors (Lipinski definition) is 6. The molecule has 3 heterocycles. The van der Waals surface area contributed by atoms with Crippen molar-refractivity contribution >= 4 is 17.2 Å². The number of likely N-dealkylation sites (N-methyl/N-ethyl adjacent to an activating group) is 1. The summed E-state index contributed by atoms with van der Waals surface area (Å²) in [4.78, 5) is 15.8. The van der Waals surface area contributed by atoms with Crippen LogP contribution in [0, 0.1) is 6.92 Å². The van der Waals surface area contributed by atoms with E-state index in [-0.39, 0.29) is 11.8 Å². The topological polar surface area (TPSA) is 87.9 Å². The van der Waals surface area contributed by atoms with Crippen molar-refractivity contribution in [3.63, 3.8) is 0 Å². The largest absolute Gasteiger partial charge is 0.461 e. The maximum Gasteiger partial charge on any atom is 0.263 e. The zero-order valence-corrected chi connectivity index (χ0v) is 13.9. The van der Waals surface area contributed by atoms with Crippen molar-refractivity contribution < 1.29 is 9.21 Å². The zero-order chi connectivity index (χ0) is 16.4. The van der Waals surface area contributed by atoms with E-state index in [1.54, 1.807) is 11.9 Å². The third-order valence-electron chi connectivity index (χ3n) is 3.50. The van der Waals surface area contributed by atoms with Crippen molar-refractivity contribution in [2.75, 3.05) is 13.6 Å². The van der Waals surface area contributed by atoms with E-state index < -0.39 is 0 Å². The Morgan fingerprint density at radius 1 is 1.39 bits per heavy atom. The van der Waals surface area contributed by atoms with Crippen LogP contribution in [0.15, 0.2) is 28.7 Å². The number of H-pyrrole nitrogens is 1. The third kappa shape index (κ3) is 3.31.